The van der Waals surface area contributed by atoms with E-state index < -0.39 is 0 Å². The second-order valence-corrected chi connectivity index (χ2v) is 7.56. The summed E-state index contributed by atoms with van der Waals surface area (Å²) in [5.41, 5.74) is 2.28. The molecule has 0 spiro atoms. The first-order valence-corrected chi connectivity index (χ1v) is 9.61. The van der Waals surface area contributed by atoms with Crippen LogP contribution in [0, 0.1) is 5.92 Å². The number of piperidine rings is 1. The van der Waals surface area contributed by atoms with Gasteiger partial charge in [-0.2, -0.15) is 0 Å². The number of ether oxygens (including phenoxy) is 2. The maximum Gasteiger partial charge on any atom is 0.120 e. The van der Waals surface area contributed by atoms with Crippen LogP contribution in [0.4, 0.5) is 0 Å². The molecule has 3 fully saturated rings. The van der Waals surface area contributed by atoms with Gasteiger partial charge in [0.15, 0.2) is 0 Å². The summed E-state index contributed by atoms with van der Waals surface area (Å²) in [6.07, 6.45) is 3.96. The minimum Gasteiger partial charge on any atom is -0.494 e. The van der Waals surface area contributed by atoms with Crippen molar-refractivity contribution in [1.29, 1.82) is 0 Å². The number of nitrogens with one attached hydrogen (secondary N) is 1. The molecule has 5 nitrogen and oxygen atoms in total. The van der Waals surface area contributed by atoms with Crippen molar-refractivity contribution in [1.82, 2.24) is 15.2 Å². The lowest BCUT2D eigenvalue weighted by molar-refractivity contribution is 0.0735. The van der Waals surface area contributed by atoms with E-state index in [4.69, 9.17) is 9.47 Å². The highest BCUT2D eigenvalue weighted by Gasteiger charge is 2.46. The Balaban J connectivity index is 1.17. The van der Waals surface area contributed by atoms with E-state index in [0.29, 0.717) is 6.61 Å². The van der Waals surface area contributed by atoms with Crippen molar-refractivity contribution in [3.8, 4) is 5.75 Å². The summed E-state index contributed by atoms with van der Waals surface area (Å²) < 4.78 is 11.5. The van der Waals surface area contributed by atoms with Crippen LogP contribution in [0.25, 0.3) is 10.9 Å². The molecule has 5 heteroatoms. The summed E-state index contributed by atoms with van der Waals surface area (Å²) in [5.74, 6) is 1.98. The van der Waals surface area contributed by atoms with Gasteiger partial charge < -0.3 is 14.5 Å². The number of rotatable bonds is 6. The van der Waals surface area contributed by atoms with Crippen LogP contribution in [0.1, 0.15) is 31.0 Å². The van der Waals surface area contributed by atoms with Crippen LogP contribution in [-0.4, -0.2) is 55.4 Å². The van der Waals surface area contributed by atoms with Crippen LogP contribution in [0.5, 0.6) is 5.75 Å². The molecule has 0 amide bonds. The maximum absolute atomic E-state index is 5.99. The van der Waals surface area contributed by atoms with Crippen molar-refractivity contribution in [2.45, 2.75) is 31.3 Å². The molecule has 2 aromatic rings. The zero-order valence-electron chi connectivity index (χ0n) is 14.6. The van der Waals surface area contributed by atoms with Gasteiger partial charge in [0.2, 0.25) is 0 Å². The third-order valence-electron chi connectivity index (χ3n) is 5.83. The summed E-state index contributed by atoms with van der Waals surface area (Å²) >= 11 is 0. The standard InChI is InChI=1S/C20H26N3O2/c1(6-23-7-4-14-12-20(14)23)8-25-16-2-3-17-15(10-16)11-18(22-17)19-13-24-9-5-21-19/h2-3,10-11,14,19-20,22H,1,4-9,12-13H2. The number of nitrogens with zero attached hydrogens (tertiary/aromatic N) is 2. The van der Waals surface area contributed by atoms with Crippen LogP contribution in [-0.2, 0) is 4.74 Å². The van der Waals surface area contributed by atoms with Crippen LogP contribution >= 0.6 is 0 Å². The van der Waals surface area contributed by atoms with Crippen LogP contribution < -0.4 is 10.1 Å². The van der Waals surface area contributed by atoms with E-state index in [2.05, 4.69) is 39.5 Å². The molecule has 1 radical (unpaired) electrons. The number of likely N-dealkylation sites (tertiary alicyclic amines) is 1. The molecule has 1 aliphatic carbocycles. The van der Waals surface area contributed by atoms with Crippen LogP contribution in [0.3, 0.4) is 0 Å². The predicted octanol–water partition coefficient (Wildman–Crippen LogP) is 2.71. The van der Waals surface area contributed by atoms with Gasteiger partial charge in [0.25, 0.3) is 0 Å². The monoisotopic (exact) mass is 340 g/mol. The molecule has 3 unspecified atom stereocenters. The molecule has 1 N–H and O–H groups in total. The van der Waals surface area contributed by atoms with Gasteiger partial charge in [0.05, 0.1) is 25.9 Å². The lowest BCUT2D eigenvalue weighted by Gasteiger charge is -2.20. The van der Waals surface area contributed by atoms with E-state index in [0.717, 1.165) is 55.1 Å². The average molecular weight is 340 g/mol. The van der Waals surface area contributed by atoms with E-state index >= 15 is 0 Å². The molecule has 133 valence electrons. The SMILES string of the molecule is c1cc2[nH]c(C3COCC[N]3)cc2cc1OCCCN1CCC2CC21. The summed E-state index contributed by atoms with van der Waals surface area (Å²) in [6, 6.07) is 9.52. The molecule has 1 aromatic heterocycles. The van der Waals surface area contributed by atoms with Gasteiger partial charge >= 0.3 is 0 Å². The fourth-order valence-corrected chi connectivity index (χ4v) is 4.33. The van der Waals surface area contributed by atoms with Crippen molar-refractivity contribution >= 4 is 10.9 Å². The van der Waals surface area contributed by atoms with Gasteiger partial charge in [0.1, 0.15) is 5.75 Å². The third-order valence-corrected chi connectivity index (χ3v) is 5.83. The van der Waals surface area contributed by atoms with E-state index in [9.17, 15) is 0 Å². The first kappa shape index (κ1) is 15.7. The molecule has 0 bridgehead atoms. The Bertz CT molecular complexity index is 738. The first-order chi connectivity index (χ1) is 12.4. The molecular weight excluding hydrogens is 314 g/mol. The molecule has 2 saturated heterocycles. The minimum absolute atomic E-state index is 0.136. The Hall–Kier alpha value is -1.56. The van der Waals surface area contributed by atoms with Gasteiger partial charge in [-0.3, -0.25) is 4.90 Å². The highest BCUT2D eigenvalue weighted by molar-refractivity contribution is 5.82. The number of benzene rings is 1. The molecule has 5 rings (SSSR count). The normalized spacial score (nSPS) is 29.0. The largest absolute Gasteiger partial charge is 0.494 e. The maximum atomic E-state index is 5.99. The number of H-pyrrole nitrogens is 1. The van der Waals surface area contributed by atoms with Gasteiger partial charge in [-0.05, 0) is 56.0 Å². The smallest absolute Gasteiger partial charge is 0.120 e. The second-order valence-electron chi connectivity index (χ2n) is 7.56. The summed E-state index contributed by atoms with van der Waals surface area (Å²) in [4.78, 5) is 6.11. The number of aromatic nitrogens is 1. The third kappa shape index (κ3) is 3.28. The lowest BCUT2D eigenvalue weighted by atomic mass is 10.2. The van der Waals surface area contributed by atoms with Crippen molar-refractivity contribution in [3.05, 3.63) is 30.0 Å². The Morgan fingerprint density at radius 1 is 1.32 bits per heavy atom. The predicted molar refractivity (Wildman–Crippen MR) is 97.1 cm³/mol. The topological polar surface area (TPSA) is 51.6 Å². The Morgan fingerprint density at radius 2 is 2.32 bits per heavy atom. The summed E-state index contributed by atoms with van der Waals surface area (Å²) in [6.45, 7) is 5.47. The average Bonchev–Trinajstić information content (AvgIpc) is 3.13. The van der Waals surface area contributed by atoms with E-state index in [-0.39, 0.29) is 6.04 Å². The summed E-state index contributed by atoms with van der Waals surface area (Å²) in [5, 5.41) is 5.82. The van der Waals surface area contributed by atoms with Crippen LogP contribution in [0.2, 0.25) is 0 Å². The second kappa shape index (κ2) is 6.63. The lowest BCUT2D eigenvalue weighted by Crippen LogP contribution is -2.29. The fourth-order valence-electron chi connectivity index (χ4n) is 4.33. The molecule has 3 aliphatic rings. The van der Waals surface area contributed by atoms with Crippen molar-refractivity contribution in [2.75, 3.05) is 39.5 Å². The quantitative estimate of drug-likeness (QED) is 0.823. The minimum atomic E-state index is 0.136. The molecule has 1 aromatic carbocycles. The molecule has 3 atom stereocenters. The van der Waals surface area contributed by atoms with Crippen molar-refractivity contribution in [2.24, 2.45) is 5.92 Å². The number of morpholine rings is 1. The number of hydrogen-bond donors (Lipinski definition) is 1. The molecule has 2 aliphatic heterocycles. The zero-order chi connectivity index (χ0) is 16.6. The number of fused-ring (bicyclic) bond motifs is 2. The van der Waals surface area contributed by atoms with Crippen LogP contribution in [0.15, 0.2) is 24.3 Å². The van der Waals surface area contributed by atoms with Gasteiger partial charge in [0, 0.05) is 35.7 Å². The highest BCUT2D eigenvalue weighted by Crippen LogP contribution is 2.44. The molecular formula is C20H26N3O2. The first-order valence-electron chi connectivity index (χ1n) is 9.61. The van der Waals surface area contributed by atoms with E-state index in [1.807, 2.05) is 0 Å². The van der Waals surface area contributed by atoms with Gasteiger partial charge in [-0.15, -0.1) is 0 Å². The molecule has 25 heavy (non-hydrogen) atoms. The number of hydrogen-bond acceptors (Lipinski definition) is 3. The van der Waals surface area contributed by atoms with Crippen molar-refractivity contribution in [3.63, 3.8) is 0 Å². The molecule has 3 heterocycles. The van der Waals surface area contributed by atoms with E-state index in [1.54, 1.807) is 0 Å². The zero-order valence-corrected chi connectivity index (χ0v) is 14.6. The Labute approximate surface area is 148 Å². The Morgan fingerprint density at radius 3 is 3.12 bits per heavy atom. The summed E-state index contributed by atoms with van der Waals surface area (Å²) in [7, 11) is 0. The number of aromatic amines is 1. The van der Waals surface area contributed by atoms with Crippen molar-refractivity contribution < 1.29 is 9.47 Å². The van der Waals surface area contributed by atoms with E-state index in [1.165, 1.54) is 31.3 Å². The highest BCUT2D eigenvalue weighted by atomic mass is 16.5. The Kier molecular flexibility index (Phi) is 4.16. The van der Waals surface area contributed by atoms with Gasteiger partial charge in [-0.1, -0.05) is 0 Å². The van der Waals surface area contributed by atoms with Gasteiger partial charge in [-0.25, -0.2) is 5.32 Å². The fraction of sp³-hybridized carbons (Fsp3) is 0.600. The molecule has 1 saturated carbocycles.